The van der Waals surface area contributed by atoms with Gasteiger partial charge in [-0.15, -0.1) is 0 Å². The number of halogens is 1. The molecule has 4 aliphatic rings. The van der Waals surface area contributed by atoms with Gasteiger partial charge in [-0.1, -0.05) is 12.1 Å². The lowest BCUT2D eigenvalue weighted by atomic mass is 9.52. The molecule has 4 fully saturated rings. The highest BCUT2D eigenvalue weighted by atomic mass is 79.9. The van der Waals surface area contributed by atoms with Crippen molar-refractivity contribution in [2.75, 3.05) is 23.7 Å². The minimum absolute atomic E-state index is 0.133. The molecule has 34 heavy (non-hydrogen) atoms. The van der Waals surface area contributed by atoms with Gasteiger partial charge in [0.05, 0.1) is 16.5 Å². The van der Waals surface area contributed by atoms with E-state index in [1.807, 2.05) is 43.0 Å². The Labute approximate surface area is 209 Å². The molecule has 0 spiro atoms. The summed E-state index contributed by atoms with van der Waals surface area (Å²) in [4.78, 5) is 23.6. The van der Waals surface area contributed by atoms with Crippen LogP contribution in [-0.4, -0.2) is 50.6 Å². The van der Waals surface area contributed by atoms with Crippen LogP contribution in [0.5, 0.6) is 0 Å². The second-order valence-corrected chi connectivity index (χ2v) is 11.2. The Morgan fingerprint density at radius 1 is 1.21 bits per heavy atom. The van der Waals surface area contributed by atoms with Gasteiger partial charge in [0.25, 0.3) is 0 Å². The molecule has 8 heteroatoms. The second kappa shape index (κ2) is 9.46. The monoisotopic (exact) mass is 527 g/mol. The number of nitrogens with zero attached hydrogens (tertiary/aromatic N) is 3. The number of nitrogens with one attached hydrogen (secondary N) is 2. The van der Waals surface area contributed by atoms with Gasteiger partial charge in [-0.3, -0.25) is 4.79 Å². The van der Waals surface area contributed by atoms with E-state index in [0.717, 1.165) is 53.9 Å². The molecular weight excluding hydrogens is 494 g/mol. The Balaban J connectivity index is 1.28. The van der Waals surface area contributed by atoms with Crippen LogP contribution in [0.2, 0.25) is 0 Å². The summed E-state index contributed by atoms with van der Waals surface area (Å²) in [6, 6.07) is 8.21. The van der Waals surface area contributed by atoms with Crippen LogP contribution in [0.15, 0.2) is 34.9 Å². The van der Waals surface area contributed by atoms with Crippen molar-refractivity contribution in [2.45, 2.75) is 64.0 Å². The molecule has 1 amide bonds. The molecule has 0 aliphatic heterocycles. The molecule has 6 rings (SSSR count). The van der Waals surface area contributed by atoms with E-state index in [9.17, 15) is 9.90 Å². The number of carbonyl (C=O) groups excluding carboxylic acids is 1. The van der Waals surface area contributed by atoms with Crippen LogP contribution in [0.25, 0.3) is 0 Å². The molecule has 182 valence electrons. The van der Waals surface area contributed by atoms with Crippen molar-refractivity contribution in [3.63, 3.8) is 0 Å². The highest BCUT2D eigenvalue weighted by molar-refractivity contribution is 9.10. The Kier molecular flexibility index (Phi) is 6.55. The first kappa shape index (κ1) is 23.5. The fourth-order valence-corrected chi connectivity index (χ4v) is 6.96. The standard InChI is InChI=1S/C26H34BrN5O2/c1-3-32(4-2)22(33)11-16-6-5-7-20(10-16)29-25-28-15-21(27)24(31-25)30-23-18-8-17-9-19(23)14-26(34,12-17)13-18/h5-7,10,15,17-19,23,34H,3-4,8-9,11-14H2,1-2H3,(H2,28,29,30,31)/t17?,18?,19?,23-,26+. The van der Waals surface area contributed by atoms with Crippen LogP contribution >= 0.6 is 15.9 Å². The van der Waals surface area contributed by atoms with Gasteiger partial charge in [-0.05, 0) is 97.3 Å². The van der Waals surface area contributed by atoms with Gasteiger partial charge in [0.15, 0.2) is 0 Å². The van der Waals surface area contributed by atoms with E-state index >= 15 is 0 Å². The predicted octanol–water partition coefficient (Wildman–Crippen LogP) is 4.75. The maximum Gasteiger partial charge on any atom is 0.229 e. The predicted molar refractivity (Wildman–Crippen MR) is 137 cm³/mol. The molecule has 2 aromatic rings. The van der Waals surface area contributed by atoms with Crippen LogP contribution in [0.3, 0.4) is 0 Å². The summed E-state index contributed by atoms with van der Waals surface area (Å²) in [7, 11) is 0. The minimum Gasteiger partial charge on any atom is -0.390 e. The summed E-state index contributed by atoms with van der Waals surface area (Å²) in [6.45, 7) is 5.44. The minimum atomic E-state index is -0.442. The van der Waals surface area contributed by atoms with Crippen molar-refractivity contribution in [3.05, 3.63) is 40.5 Å². The molecule has 2 unspecified atom stereocenters. The molecular formula is C26H34BrN5O2. The highest BCUT2D eigenvalue weighted by Gasteiger charge is 2.54. The van der Waals surface area contributed by atoms with Gasteiger partial charge in [-0.25, -0.2) is 4.98 Å². The Morgan fingerprint density at radius 2 is 1.94 bits per heavy atom. The molecule has 4 bridgehead atoms. The third-order valence-electron chi connectivity index (χ3n) is 7.94. The summed E-state index contributed by atoms with van der Waals surface area (Å²) >= 11 is 3.61. The average Bonchev–Trinajstić information content (AvgIpc) is 2.78. The van der Waals surface area contributed by atoms with Gasteiger partial charge < -0.3 is 20.6 Å². The van der Waals surface area contributed by atoms with Crippen molar-refractivity contribution in [2.24, 2.45) is 17.8 Å². The molecule has 4 aliphatic carbocycles. The molecule has 4 saturated carbocycles. The molecule has 3 N–H and O–H groups in total. The molecule has 7 nitrogen and oxygen atoms in total. The van der Waals surface area contributed by atoms with E-state index in [1.165, 1.54) is 12.8 Å². The largest absolute Gasteiger partial charge is 0.390 e. The number of hydrogen-bond acceptors (Lipinski definition) is 6. The number of rotatable bonds is 8. The van der Waals surface area contributed by atoms with E-state index < -0.39 is 5.60 Å². The van der Waals surface area contributed by atoms with E-state index in [0.29, 0.717) is 36.2 Å². The maximum absolute atomic E-state index is 12.5. The molecule has 0 radical (unpaired) electrons. The van der Waals surface area contributed by atoms with Gasteiger partial charge >= 0.3 is 0 Å². The SMILES string of the molecule is CCN(CC)C(=O)Cc1cccc(Nc2ncc(Br)c(N[C@H]3C4CC5CC3C[C@@](O)(C5)C4)n2)c1. The van der Waals surface area contributed by atoms with Gasteiger partial charge in [-0.2, -0.15) is 4.98 Å². The van der Waals surface area contributed by atoms with Crippen LogP contribution in [0, 0.1) is 17.8 Å². The Bertz CT molecular complexity index is 1040. The zero-order valence-electron chi connectivity index (χ0n) is 19.9. The average molecular weight is 528 g/mol. The number of carbonyl (C=O) groups is 1. The number of anilines is 3. The number of likely N-dealkylation sites (N-methyl/N-ethyl adjacent to an activating group) is 1. The first-order chi connectivity index (χ1) is 16.4. The second-order valence-electron chi connectivity index (χ2n) is 10.3. The normalized spacial score (nSPS) is 29.2. The van der Waals surface area contributed by atoms with Crippen LogP contribution in [0.1, 0.15) is 51.5 Å². The third kappa shape index (κ3) is 4.80. The first-order valence-electron chi connectivity index (χ1n) is 12.5. The van der Waals surface area contributed by atoms with Crippen molar-refractivity contribution >= 4 is 39.3 Å². The lowest BCUT2D eigenvalue weighted by Crippen LogP contribution is -2.59. The third-order valence-corrected chi connectivity index (χ3v) is 8.52. The van der Waals surface area contributed by atoms with Crippen molar-refractivity contribution in [3.8, 4) is 0 Å². The van der Waals surface area contributed by atoms with Gasteiger partial charge in [0.1, 0.15) is 5.82 Å². The van der Waals surface area contributed by atoms with Crippen LogP contribution < -0.4 is 10.6 Å². The smallest absolute Gasteiger partial charge is 0.229 e. The zero-order valence-corrected chi connectivity index (χ0v) is 21.5. The van der Waals surface area contributed by atoms with Crippen LogP contribution in [0.4, 0.5) is 17.5 Å². The molecule has 1 aromatic heterocycles. The van der Waals surface area contributed by atoms with E-state index in [2.05, 4.69) is 31.5 Å². The van der Waals surface area contributed by atoms with E-state index in [-0.39, 0.29) is 5.91 Å². The number of aromatic nitrogens is 2. The Hall–Kier alpha value is -2.19. The number of hydrogen-bond donors (Lipinski definition) is 3. The fraction of sp³-hybridized carbons (Fsp3) is 0.577. The lowest BCUT2D eigenvalue weighted by molar-refractivity contribution is -0.130. The summed E-state index contributed by atoms with van der Waals surface area (Å²) in [6.07, 6.45) is 7.32. The maximum atomic E-state index is 12.5. The van der Waals surface area contributed by atoms with Crippen molar-refractivity contribution in [1.29, 1.82) is 0 Å². The van der Waals surface area contributed by atoms with Crippen LogP contribution in [-0.2, 0) is 11.2 Å². The number of amides is 1. The Morgan fingerprint density at radius 3 is 2.62 bits per heavy atom. The highest BCUT2D eigenvalue weighted by Crippen LogP contribution is 2.56. The van der Waals surface area contributed by atoms with E-state index in [4.69, 9.17) is 4.98 Å². The summed E-state index contributed by atoms with van der Waals surface area (Å²) in [5.74, 6) is 3.10. The topological polar surface area (TPSA) is 90.4 Å². The summed E-state index contributed by atoms with van der Waals surface area (Å²) in [5, 5.41) is 17.9. The molecule has 0 saturated heterocycles. The van der Waals surface area contributed by atoms with Gasteiger partial charge in [0.2, 0.25) is 11.9 Å². The van der Waals surface area contributed by atoms with Crippen molar-refractivity contribution in [1.82, 2.24) is 14.9 Å². The van der Waals surface area contributed by atoms with Crippen molar-refractivity contribution < 1.29 is 9.90 Å². The quantitative estimate of drug-likeness (QED) is 0.459. The number of aliphatic hydroxyl groups is 1. The van der Waals surface area contributed by atoms with Gasteiger partial charge in [0, 0.05) is 31.0 Å². The molecule has 2 atom stereocenters. The zero-order chi connectivity index (χ0) is 23.9. The molecule has 1 heterocycles. The molecule has 1 aromatic carbocycles. The van der Waals surface area contributed by atoms with E-state index in [1.54, 1.807) is 6.20 Å². The summed E-state index contributed by atoms with van der Waals surface area (Å²) in [5.41, 5.74) is 1.38. The summed E-state index contributed by atoms with van der Waals surface area (Å²) < 4.78 is 0.837. The fourth-order valence-electron chi connectivity index (χ4n) is 6.65. The first-order valence-corrected chi connectivity index (χ1v) is 13.3. The number of benzene rings is 1. The lowest BCUT2D eigenvalue weighted by Gasteiger charge is -2.58.